The molecule has 0 radical (unpaired) electrons. The Hall–Kier alpha value is -0.0400. The predicted molar refractivity (Wildman–Crippen MR) is 68.6 cm³/mol. The van der Waals surface area contributed by atoms with Gasteiger partial charge < -0.3 is 0 Å². The Balaban J connectivity index is 1.65. The molecule has 2 heterocycles. The minimum atomic E-state index is 0.970. The lowest BCUT2D eigenvalue weighted by atomic mass is 9.91. The van der Waals surface area contributed by atoms with Crippen molar-refractivity contribution in [3.63, 3.8) is 0 Å². The van der Waals surface area contributed by atoms with E-state index < -0.39 is 0 Å². The van der Waals surface area contributed by atoms with Crippen LogP contribution in [0, 0.1) is 0 Å². The molecule has 1 unspecified atom stereocenters. The summed E-state index contributed by atoms with van der Waals surface area (Å²) in [5.41, 5.74) is 0. The third kappa shape index (κ3) is 2.16. The van der Waals surface area contributed by atoms with Crippen LogP contribution < -0.4 is 0 Å². The molecule has 2 saturated heterocycles. The molecule has 1 saturated carbocycles. The summed E-state index contributed by atoms with van der Waals surface area (Å²) < 4.78 is 0. The van der Waals surface area contributed by atoms with Crippen LogP contribution in [0.1, 0.15) is 77.0 Å². The van der Waals surface area contributed by atoms with E-state index in [0.717, 1.165) is 18.1 Å². The Morgan fingerprint density at radius 1 is 0.438 bits per heavy atom. The van der Waals surface area contributed by atoms with Crippen LogP contribution in [0.4, 0.5) is 0 Å². The van der Waals surface area contributed by atoms with E-state index in [9.17, 15) is 0 Å². The van der Waals surface area contributed by atoms with Crippen molar-refractivity contribution in [2.75, 3.05) is 0 Å². The van der Waals surface area contributed by atoms with Crippen molar-refractivity contribution in [1.82, 2.24) is 4.90 Å². The lowest BCUT2D eigenvalue weighted by molar-refractivity contribution is 0.0712. The van der Waals surface area contributed by atoms with Gasteiger partial charge in [0.1, 0.15) is 0 Å². The van der Waals surface area contributed by atoms with Crippen molar-refractivity contribution in [1.29, 1.82) is 0 Å². The Morgan fingerprint density at radius 2 is 0.875 bits per heavy atom. The second-order valence-electron chi connectivity index (χ2n) is 6.26. The van der Waals surface area contributed by atoms with Gasteiger partial charge in [-0.3, -0.25) is 4.90 Å². The molecule has 3 aliphatic rings. The van der Waals surface area contributed by atoms with Crippen LogP contribution in [0.5, 0.6) is 0 Å². The van der Waals surface area contributed by atoms with E-state index in [1.807, 2.05) is 0 Å². The van der Waals surface area contributed by atoms with Crippen LogP contribution >= 0.6 is 0 Å². The van der Waals surface area contributed by atoms with E-state index in [1.165, 1.54) is 77.0 Å². The Bertz CT molecular complexity index is 201. The van der Waals surface area contributed by atoms with Gasteiger partial charge in [0.2, 0.25) is 0 Å². The van der Waals surface area contributed by atoms with Gasteiger partial charge in [0.15, 0.2) is 0 Å². The van der Waals surface area contributed by atoms with Gasteiger partial charge in [-0.1, -0.05) is 38.5 Å². The molecule has 0 aromatic carbocycles. The zero-order chi connectivity index (χ0) is 10.8. The fraction of sp³-hybridized carbons (Fsp3) is 1.00. The molecular weight excluding hydrogens is 194 g/mol. The monoisotopic (exact) mass is 221 g/mol. The standard InChI is InChI=1S/C15H27N/c1-2-4-7-13(8-5-3-1)16-14-9-6-10-15(16)12-11-14/h13-15H,1-12H2/t14-,15?/m1/s1. The summed E-state index contributed by atoms with van der Waals surface area (Å²) in [7, 11) is 0. The Morgan fingerprint density at radius 3 is 1.50 bits per heavy atom. The minimum absolute atomic E-state index is 0.970. The number of hydrogen-bond acceptors (Lipinski definition) is 1. The Labute approximate surface area is 101 Å². The van der Waals surface area contributed by atoms with E-state index in [0.29, 0.717) is 0 Å². The van der Waals surface area contributed by atoms with Crippen molar-refractivity contribution in [3.05, 3.63) is 0 Å². The number of rotatable bonds is 1. The normalized spacial score (nSPS) is 38.2. The number of nitrogens with zero attached hydrogens (tertiary/aromatic N) is 1. The first-order valence-corrected chi connectivity index (χ1v) is 7.72. The number of hydrogen-bond donors (Lipinski definition) is 0. The van der Waals surface area contributed by atoms with Gasteiger partial charge in [-0.2, -0.15) is 0 Å². The van der Waals surface area contributed by atoms with Gasteiger partial charge in [0, 0.05) is 18.1 Å². The highest BCUT2D eigenvalue weighted by molar-refractivity contribution is 4.95. The van der Waals surface area contributed by atoms with Crippen LogP contribution in [-0.4, -0.2) is 23.0 Å². The summed E-state index contributed by atoms with van der Waals surface area (Å²) in [6, 6.07) is 2.95. The minimum Gasteiger partial charge on any atom is -0.294 e. The van der Waals surface area contributed by atoms with Crippen LogP contribution in [0.25, 0.3) is 0 Å². The quantitative estimate of drug-likeness (QED) is 0.644. The van der Waals surface area contributed by atoms with Crippen LogP contribution in [0.2, 0.25) is 0 Å². The molecule has 2 aliphatic heterocycles. The van der Waals surface area contributed by atoms with Gasteiger partial charge >= 0.3 is 0 Å². The molecule has 0 aromatic rings. The zero-order valence-electron chi connectivity index (χ0n) is 10.7. The third-order valence-corrected chi connectivity index (χ3v) is 5.25. The highest BCUT2D eigenvalue weighted by atomic mass is 15.2. The van der Waals surface area contributed by atoms with Crippen LogP contribution in [0.15, 0.2) is 0 Å². The molecule has 3 fully saturated rings. The molecule has 16 heavy (non-hydrogen) atoms. The topological polar surface area (TPSA) is 3.24 Å². The molecule has 3 rings (SSSR count). The molecule has 0 N–H and O–H groups in total. The maximum absolute atomic E-state index is 2.98. The van der Waals surface area contributed by atoms with Crippen molar-refractivity contribution >= 4 is 0 Å². The summed E-state index contributed by atoms with van der Waals surface area (Å²) in [5, 5.41) is 0. The van der Waals surface area contributed by atoms with Crippen molar-refractivity contribution in [2.24, 2.45) is 0 Å². The van der Waals surface area contributed by atoms with E-state index in [1.54, 1.807) is 0 Å². The summed E-state index contributed by atoms with van der Waals surface area (Å²) >= 11 is 0. The van der Waals surface area contributed by atoms with Gasteiger partial charge in [-0.05, 0) is 38.5 Å². The fourth-order valence-corrected chi connectivity index (χ4v) is 4.49. The van der Waals surface area contributed by atoms with E-state index in [-0.39, 0.29) is 0 Å². The summed E-state index contributed by atoms with van der Waals surface area (Å²) in [6.45, 7) is 0. The second-order valence-corrected chi connectivity index (χ2v) is 6.26. The molecule has 1 heteroatoms. The van der Waals surface area contributed by atoms with Crippen LogP contribution in [-0.2, 0) is 0 Å². The molecular formula is C15H27N. The van der Waals surface area contributed by atoms with E-state index in [4.69, 9.17) is 0 Å². The van der Waals surface area contributed by atoms with Crippen molar-refractivity contribution < 1.29 is 0 Å². The van der Waals surface area contributed by atoms with E-state index in [2.05, 4.69) is 4.90 Å². The lowest BCUT2D eigenvalue weighted by Crippen LogP contribution is -2.46. The van der Waals surface area contributed by atoms with E-state index >= 15 is 0 Å². The highest BCUT2D eigenvalue weighted by Gasteiger charge is 2.39. The van der Waals surface area contributed by atoms with Gasteiger partial charge in [0.05, 0.1) is 0 Å². The SMILES string of the molecule is C1CCCC(N2C3CCC[C@@H]2CC3)CCC1. The van der Waals surface area contributed by atoms with Crippen molar-refractivity contribution in [3.8, 4) is 0 Å². The molecule has 2 bridgehead atoms. The van der Waals surface area contributed by atoms with Crippen molar-refractivity contribution in [2.45, 2.75) is 95.2 Å². The second kappa shape index (κ2) is 5.08. The average molecular weight is 221 g/mol. The smallest absolute Gasteiger partial charge is 0.0102 e. The molecule has 0 spiro atoms. The predicted octanol–water partition coefficient (Wildman–Crippen LogP) is 4.12. The van der Waals surface area contributed by atoms with Gasteiger partial charge in [-0.25, -0.2) is 0 Å². The molecule has 0 amide bonds. The maximum atomic E-state index is 2.98. The third-order valence-electron chi connectivity index (χ3n) is 5.25. The zero-order valence-corrected chi connectivity index (χ0v) is 10.7. The number of fused-ring (bicyclic) bond motifs is 2. The largest absolute Gasteiger partial charge is 0.294 e. The summed E-state index contributed by atoms with van der Waals surface area (Å²) in [6.07, 6.45) is 18.1. The molecule has 2 atom stereocenters. The first-order valence-electron chi connectivity index (χ1n) is 7.72. The molecule has 92 valence electrons. The first kappa shape index (κ1) is 11.1. The number of piperidine rings is 1. The van der Waals surface area contributed by atoms with Crippen LogP contribution in [0.3, 0.4) is 0 Å². The maximum Gasteiger partial charge on any atom is 0.0102 e. The van der Waals surface area contributed by atoms with Gasteiger partial charge in [-0.15, -0.1) is 0 Å². The average Bonchev–Trinajstić information content (AvgIpc) is 2.51. The molecule has 0 aromatic heterocycles. The fourth-order valence-electron chi connectivity index (χ4n) is 4.49. The first-order chi connectivity index (χ1) is 7.95. The van der Waals surface area contributed by atoms with Gasteiger partial charge in [0.25, 0.3) is 0 Å². The summed E-state index contributed by atoms with van der Waals surface area (Å²) in [4.78, 5) is 2.98. The molecule has 1 nitrogen and oxygen atoms in total. The summed E-state index contributed by atoms with van der Waals surface area (Å²) in [5.74, 6) is 0. The molecule has 1 aliphatic carbocycles. The highest BCUT2D eigenvalue weighted by Crippen LogP contribution is 2.39. The lowest BCUT2D eigenvalue weighted by Gasteiger charge is -2.41. The Kier molecular flexibility index (Phi) is 3.51.